The Bertz CT molecular complexity index is 322. The van der Waals surface area contributed by atoms with Crippen LogP contribution in [0.25, 0.3) is 0 Å². The normalized spacial score (nSPS) is 10.6. The van der Waals surface area contributed by atoms with E-state index in [1.807, 2.05) is 25.1 Å². The van der Waals surface area contributed by atoms with Gasteiger partial charge in [-0.15, -0.1) is 0 Å². The van der Waals surface area contributed by atoms with Crippen LogP contribution >= 0.6 is 0 Å². The largest absolute Gasteiger partial charge is 0.363 e. The van der Waals surface area contributed by atoms with Crippen LogP contribution in [-0.2, 0) is 0 Å². The summed E-state index contributed by atoms with van der Waals surface area (Å²) < 4.78 is 0. The van der Waals surface area contributed by atoms with Gasteiger partial charge in [0.05, 0.1) is 0 Å². The Kier molecular flexibility index (Phi) is 5.69. The summed E-state index contributed by atoms with van der Waals surface area (Å²) in [6, 6.07) is 1.90. The SMILES string of the molecule is CCN(CC)CCNc1nccc(N(C)C)n1. The number of nitrogens with one attached hydrogen (secondary N) is 1. The molecular weight excluding hydrogens is 214 g/mol. The minimum absolute atomic E-state index is 0.698. The fourth-order valence-corrected chi connectivity index (χ4v) is 1.55. The molecule has 0 spiro atoms. The third kappa shape index (κ3) is 4.56. The van der Waals surface area contributed by atoms with Gasteiger partial charge in [0, 0.05) is 33.4 Å². The summed E-state index contributed by atoms with van der Waals surface area (Å²) in [5.41, 5.74) is 0. The number of likely N-dealkylation sites (N-methyl/N-ethyl adjacent to an activating group) is 1. The molecule has 1 N–H and O–H groups in total. The van der Waals surface area contributed by atoms with Crippen LogP contribution in [0.15, 0.2) is 12.3 Å². The van der Waals surface area contributed by atoms with Gasteiger partial charge in [-0.2, -0.15) is 4.98 Å². The van der Waals surface area contributed by atoms with Crippen LogP contribution in [-0.4, -0.2) is 55.1 Å². The lowest BCUT2D eigenvalue weighted by Gasteiger charge is -2.18. The van der Waals surface area contributed by atoms with E-state index < -0.39 is 0 Å². The molecule has 0 amide bonds. The third-order valence-electron chi connectivity index (χ3n) is 2.70. The molecular formula is C12H23N5. The molecule has 1 aromatic rings. The maximum atomic E-state index is 4.41. The molecule has 1 rings (SSSR count). The van der Waals surface area contributed by atoms with Gasteiger partial charge in [0.1, 0.15) is 5.82 Å². The summed E-state index contributed by atoms with van der Waals surface area (Å²) in [4.78, 5) is 12.9. The van der Waals surface area contributed by atoms with E-state index >= 15 is 0 Å². The average molecular weight is 237 g/mol. The van der Waals surface area contributed by atoms with Gasteiger partial charge in [-0.3, -0.25) is 0 Å². The molecule has 96 valence electrons. The van der Waals surface area contributed by atoms with Crippen LogP contribution in [0.5, 0.6) is 0 Å². The van der Waals surface area contributed by atoms with Crippen LogP contribution in [0.4, 0.5) is 11.8 Å². The highest BCUT2D eigenvalue weighted by Gasteiger charge is 2.01. The summed E-state index contributed by atoms with van der Waals surface area (Å²) in [6.45, 7) is 8.40. The van der Waals surface area contributed by atoms with Crippen LogP contribution in [0.2, 0.25) is 0 Å². The first-order chi connectivity index (χ1) is 8.17. The van der Waals surface area contributed by atoms with E-state index in [2.05, 4.69) is 34.0 Å². The molecule has 0 aromatic carbocycles. The molecule has 1 heterocycles. The van der Waals surface area contributed by atoms with E-state index in [-0.39, 0.29) is 0 Å². The first kappa shape index (κ1) is 13.7. The second kappa shape index (κ2) is 7.06. The van der Waals surface area contributed by atoms with Crippen molar-refractivity contribution in [3.8, 4) is 0 Å². The number of rotatable bonds is 7. The van der Waals surface area contributed by atoms with Gasteiger partial charge >= 0.3 is 0 Å². The monoisotopic (exact) mass is 237 g/mol. The van der Waals surface area contributed by atoms with Gasteiger partial charge < -0.3 is 15.1 Å². The van der Waals surface area contributed by atoms with Crippen molar-refractivity contribution in [1.29, 1.82) is 0 Å². The Morgan fingerprint density at radius 3 is 2.53 bits per heavy atom. The smallest absolute Gasteiger partial charge is 0.224 e. The molecule has 5 nitrogen and oxygen atoms in total. The topological polar surface area (TPSA) is 44.3 Å². The lowest BCUT2D eigenvalue weighted by Crippen LogP contribution is -2.29. The zero-order chi connectivity index (χ0) is 12.7. The lowest BCUT2D eigenvalue weighted by atomic mass is 10.4. The van der Waals surface area contributed by atoms with Crippen LogP contribution in [0.1, 0.15) is 13.8 Å². The molecule has 0 atom stereocenters. The predicted molar refractivity (Wildman–Crippen MR) is 72.6 cm³/mol. The highest BCUT2D eigenvalue weighted by molar-refractivity contribution is 5.40. The summed E-state index contributed by atoms with van der Waals surface area (Å²) in [5.74, 6) is 1.62. The molecule has 0 aliphatic rings. The first-order valence-corrected chi connectivity index (χ1v) is 6.14. The van der Waals surface area contributed by atoms with Gasteiger partial charge in [0.2, 0.25) is 5.95 Å². The van der Waals surface area contributed by atoms with Gasteiger partial charge in [-0.05, 0) is 19.2 Å². The number of aromatic nitrogens is 2. The van der Waals surface area contributed by atoms with Crippen LogP contribution in [0.3, 0.4) is 0 Å². The Morgan fingerprint density at radius 1 is 1.24 bits per heavy atom. The maximum absolute atomic E-state index is 4.41. The molecule has 0 bridgehead atoms. The number of hydrogen-bond donors (Lipinski definition) is 1. The predicted octanol–water partition coefficient (Wildman–Crippen LogP) is 1.30. The first-order valence-electron chi connectivity index (χ1n) is 6.14. The van der Waals surface area contributed by atoms with Crippen LogP contribution < -0.4 is 10.2 Å². The maximum Gasteiger partial charge on any atom is 0.224 e. The zero-order valence-electron chi connectivity index (χ0n) is 11.3. The number of hydrogen-bond acceptors (Lipinski definition) is 5. The van der Waals surface area contributed by atoms with Gasteiger partial charge in [-0.25, -0.2) is 4.98 Å². The van der Waals surface area contributed by atoms with E-state index in [1.165, 1.54) is 0 Å². The molecule has 0 unspecified atom stereocenters. The lowest BCUT2D eigenvalue weighted by molar-refractivity contribution is 0.316. The fraction of sp³-hybridized carbons (Fsp3) is 0.667. The van der Waals surface area contributed by atoms with Crippen molar-refractivity contribution in [3.05, 3.63) is 12.3 Å². The number of anilines is 2. The Labute approximate surface area is 104 Å². The van der Waals surface area contributed by atoms with Crippen molar-refractivity contribution in [2.75, 3.05) is 50.5 Å². The standard InChI is InChI=1S/C12H23N5/c1-5-17(6-2)10-9-14-12-13-8-7-11(15-12)16(3)4/h7-8H,5-6,9-10H2,1-4H3,(H,13,14,15). The van der Waals surface area contributed by atoms with Crippen molar-refractivity contribution >= 4 is 11.8 Å². The minimum Gasteiger partial charge on any atom is -0.363 e. The second-order valence-corrected chi connectivity index (χ2v) is 4.09. The molecule has 0 saturated heterocycles. The van der Waals surface area contributed by atoms with E-state index in [1.54, 1.807) is 6.20 Å². The zero-order valence-corrected chi connectivity index (χ0v) is 11.3. The molecule has 0 aliphatic carbocycles. The van der Waals surface area contributed by atoms with E-state index in [0.717, 1.165) is 32.0 Å². The molecule has 0 aliphatic heterocycles. The average Bonchev–Trinajstić information content (AvgIpc) is 2.35. The third-order valence-corrected chi connectivity index (χ3v) is 2.70. The van der Waals surface area contributed by atoms with E-state index in [4.69, 9.17) is 0 Å². The molecule has 1 aromatic heterocycles. The molecule has 17 heavy (non-hydrogen) atoms. The van der Waals surface area contributed by atoms with Crippen molar-refractivity contribution in [1.82, 2.24) is 14.9 Å². The minimum atomic E-state index is 0.698. The van der Waals surface area contributed by atoms with Crippen molar-refractivity contribution < 1.29 is 0 Å². The summed E-state index contributed by atoms with van der Waals surface area (Å²) >= 11 is 0. The second-order valence-electron chi connectivity index (χ2n) is 4.09. The van der Waals surface area contributed by atoms with E-state index in [0.29, 0.717) is 5.95 Å². The van der Waals surface area contributed by atoms with Crippen molar-refractivity contribution in [3.63, 3.8) is 0 Å². The molecule has 0 radical (unpaired) electrons. The van der Waals surface area contributed by atoms with Gasteiger partial charge in [0.15, 0.2) is 0 Å². The highest BCUT2D eigenvalue weighted by Crippen LogP contribution is 2.07. The molecule has 5 heteroatoms. The fourth-order valence-electron chi connectivity index (χ4n) is 1.55. The Balaban J connectivity index is 2.43. The summed E-state index contributed by atoms with van der Waals surface area (Å²) in [7, 11) is 3.95. The van der Waals surface area contributed by atoms with Crippen LogP contribution in [0, 0.1) is 0 Å². The van der Waals surface area contributed by atoms with E-state index in [9.17, 15) is 0 Å². The van der Waals surface area contributed by atoms with Gasteiger partial charge in [0.25, 0.3) is 0 Å². The summed E-state index contributed by atoms with van der Waals surface area (Å²) in [6.07, 6.45) is 1.78. The number of nitrogens with zero attached hydrogens (tertiary/aromatic N) is 4. The molecule has 0 fully saturated rings. The highest BCUT2D eigenvalue weighted by atomic mass is 15.2. The van der Waals surface area contributed by atoms with Crippen molar-refractivity contribution in [2.45, 2.75) is 13.8 Å². The molecule has 0 saturated carbocycles. The Morgan fingerprint density at radius 2 is 1.94 bits per heavy atom. The summed E-state index contributed by atoms with van der Waals surface area (Å²) in [5, 5.41) is 3.25. The van der Waals surface area contributed by atoms with Crippen molar-refractivity contribution in [2.24, 2.45) is 0 Å². The quantitative estimate of drug-likeness (QED) is 0.774. The van der Waals surface area contributed by atoms with Gasteiger partial charge in [-0.1, -0.05) is 13.8 Å². The Hall–Kier alpha value is -1.36.